The number of nitrogens with zero attached hydrogens (tertiary/aromatic N) is 2. The van der Waals surface area contributed by atoms with Gasteiger partial charge in [-0.2, -0.15) is 4.39 Å². The van der Waals surface area contributed by atoms with Gasteiger partial charge < -0.3 is 9.64 Å². The van der Waals surface area contributed by atoms with Gasteiger partial charge >= 0.3 is 0 Å². The van der Waals surface area contributed by atoms with E-state index in [0.29, 0.717) is 5.82 Å². The Morgan fingerprint density at radius 1 is 1.20 bits per heavy atom. The smallest absolute Gasteiger partial charge is 0.214 e. The number of aromatic nitrogens is 1. The van der Waals surface area contributed by atoms with Crippen LogP contribution in [0.1, 0.15) is 24.4 Å². The molecule has 0 radical (unpaired) electrons. The number of hydrogen-bond acceptors (Lipinski definition) is 3. The topological polar surface area (TPSA) is 25.4 Å². The Labute approximate surface area is 118 Å². The Morgan fingerprint density at radius 3 is 2.70 bits per heavy atom. The van der Waals surface area contributed by atoms with Crippen molar-refractivity contribution in [3.8, 4) is 5.75 Å². The summed E-state index contributed by atoms with van der Waals surface area (Å²) in [6, 6.07) is 13.3. The summed E-state index contributed by atoms with van der Waals surface area (Å²) in [5.41, 5.74) is 1.22. The lowest BCUT2D eigenvalue weighted by atomic mass is 10.0. The maximum atomic E-state index is 13.3. The largest absolute Gasteiger partial charge is 0.497 e. The normalized spacial score (nSPS) is 18.3. The summed E-state index contributed by atoms with van der Waals surface area (Å²) in [5.74, 6) is 1.13. The van der Waals surface area contributed by atoms with Crippen LogP contribution in [-0.2, 0) is 0 Å². The number of hydrogen-bond donors (Lipinski definition) is 0. The molecule has 0 amide bonds. The summed E-state index contributed by atoms with van der Waals surface area (Å²) in [7, 11) is 1.66. The third kappa shape index (κ3) is 2.46. The first-order valence-corrected chi connectivity index (χ1v) is 6.81. The Hall–Kier alpha value is -2.10. The molecule has 1 aliphatic rings. The fourth-order valence-corrected chi connectivity index (χ4v) is 2.77. The molecule has 20 heavy (non-hydrogen) atoms. The van der Waals surface area contributed by atoms with E-state index in [1.807, 2.05) is 18.2 Å². The minimum atomic E-state index is -0.428. The number of methoxy groups -OCH3 is 1. The first-order chi connectivity index (χ1) is 9.78. The molecule has 0 bridgehead atoms. The van der Waals surface area contributed by atoms with E-state index in [9.17, 15) is 4.39 Å². The first-order valence-electron chi connectivity index (χ1n) is 6.81. The van der Waals surface area contributed by atoms with Gasteiger partial charge in [-0.3, -0.25) is 0 Å². The molecule has 2 aromatic rings. The second-order valence-corrected chi connectivity index (χ2v) is 4.94. The van der Waals surface area contributed by atoms with Gasteiger partial charge in [0.05, 0.1) is 13.2 Å². The number of rotatable bonds is 3. The summed E-state index contributed by atoms with van der Waals surface area (Å²) in [5, 5.41) is 0. The van der Waals surface area contributed by atoms with Crippen molar-refractivity contribution < 1.29 is 9.13 Å². The Bertz CT molecular complexity index is 585. The average molecular weight is 272 g/mol. The second-order valence-electron chi connectivity index (χ2n) is 4.94. The van der Waals surface area contributed by atoms with Crippen LogP contribution in [0.3, 0.4) is 0 Å². The van der Waals surface area contributed by atoms with Gasteiger partial charge in [-0.1, -0.05) is 18.2 Å². The zero-order valence-corrected chi connectivity index (χ0v) is 11.4. The molecule has 1 aromatic carbocycles. The van der Waals surface area contributed by atoms with Crippen molar-refractivity contribution in [2.24, 2.45) is 0 Å². The number of pyridine rings is 1. The molecule has 1 saturated heterocycles. The molecule has 0 saturated carbocycles. The molecule has 1 aromatic heterocycles. The monoisotopic (exact) mass is 272 g/mol. The van der Waals surface area contributed by atoms with Crippen molar-refractivity contribution in [2.45, 2.75) is 18.9 Å². The Morgan fingerprint density at radius 2 is 2.00 bits per heavy atom. The zero-order valence-electron chi connectivity index (χ0n) is 11.4. The van der Waals surface area contributed by atoms with Gasteiger partial charge in [0.25, 0.3) is 0 Å². The van der Waals surface area contributed by atoms with E-state index in [2.05, 4.69) is 22.0 Å². The minimum absolute atomic E-state index is 0.259. The molecule has 4 heteroatoms. The highest BCUT2D eigenvalue weighted by Crippen LogP contribution is 2.35. The molecule has 2 heterocycles. The molecular weight excluding hydrogens is 255 g/mol. The van der Waals surface area contributed by atoms with Crippen molar-refractivity contribution in [1.29, 1.82) is 0 Å². The predicted molar refractivity (Wildman–Crippen MR) is 76.5 cm³/mol. The average Bonchev–Trinajstić information content (AvgIpc) is 2.97. The van der Waals surface area contributed by atoms with Crippen LogP contribution in [0.2, 0.25) is 0 Å². The van der Waals surface area contributed by atoms with E-state index >= 15 is 0 Å². The lowest BCUT2D eigenvalue weighted by Crippen LogP contribution is -2.23. The highest BCUT2D eigenvalue weighted by molar-refractivity contribution is 5.44. The van der Waals surface area contributed by atoms with Crippen LogP contribution in [0, 0.1) is 5.95 Å². The van der Waals surface area contributed by atoms with Crippen LogP contribution in [0.15, 0.2) is 42.5 Å². The van der Waals surface area contributed by atoms with E-state index in [0.717, 1.165) is 25.1 Å². The highest BCUT2D eigenvalue weighted by atomic mass is 19.1. The molecular formula is C16H17FN2O. The molecule has 104 valence electrons. The van der Waals surface area contributed by atoms with Crippen molar-refractivity contribution in [3.05, 3.63) is 54.0 Å². The van der Waals surface area contributed by atoms with Crippen LogP contribution in [-0.4, -0.2) is 18.6 Å². The molecule has 0 spiro atoms. The Balaban J connectivity index is 1.88. The fourth-order valence-electron chi connectivity index (χ4n) is 2.77. The summed E-state index contributed by atoms with van der Waals surface area (Å²) in [4.78, 5) is 6.17. The summed E-state index contributed by atoms with van der Waals surface area (Å²) in [6.45, 7) is 0.910. The van der Waals surface area contributed by atoms with Crippen molar-refractivity contribution in [3.63, 3.8) is 0 Å². The van der Waals surface area contributed by atoms with Gasteiger partial charge in [-0.05, 0) is 42.7 Å². The minimum Gasteiger partial charge on any atom is -0.497 e. The molecule has 1 atom stereocenters. The summed E-state index contributed by atoms with van der Waals surface area (Å²) >= 11 is 0. The summed E-state index contributed by atoms with van der Waals surface area (Å²) < 4.78 is 18.5. The van der Waals surface area contributed by atoms with Crippen molar-refractivity contribution in [1.82, 2.24) is 4.98 Å². The number of halogens is 1. The van der Waals surface area contributed by atoms with E-state index < -0.39 is 5.95 Å². The third-order valence-electron chi connectivity index (χ3n) is 3.75. The van der Waals surface area contributed by atoms with Gasteiger partial charge in [0, 0.05) is 6.54 Å². The highest BCUT2D eigenvalue weighted by Gasteiger charge is 2.27. The van der Waals surface area contributed by atoms with Crippen LogP contribution >= 0.6 is 0 Å². The second kappa shape index (κ2) is 5.49. The predicted octanol–water partition coefficient (Wildman–Crippen LogP) is 3.57. The lowest BCUT2D eigenvalue weighted by Gasteiger charge is -2.26. The van der Waals surface area contributed by atoms with E-state index in [4.69, 9.17) is 4.74 Å². The van der Waals surface area contributed by atoms with Crippen LogP contribution < -0.4 is 9.64 Å². The van der Waals surface area contributed by atoms with Crippen molar-refractivity contribution in [2.75, 3.05) is 18.6 Å². The number of anilines is 1. The molecule has 1 fully saturated rings. The molecule has 0 aliphatic carbocycles. The van der Waals surface area contributed by atoms with Crippen LogP contribution in [0.5, 0.6) is 5.75 Å². The maximum absolute atomic E-state index is 13.3. The summed E-state index contributed by atoms with van der Waals surface area (Å²) in [6.07, 6.45) is 2.15. The van der Waals surface area contributed by atoms with E-state index in [1.54, 1.807) is 13.2 Å². The zero-order chi connectivity index (χ0) is 13.9. The van der Waals surface area contributed by atoms with Crippen LogP contribution in [0.4, 0.5) is 10.2 Å². The SMILES string of the molecule is COc1ccc([C@@H]2CCCN2c2cccc(F)n2)cc1. The van der Waals surface area contributed by atoms with Gasteiger partial charge in [0.15, 0.2) is 0 Å². The third-order valence-corrected chi connectivity index (χ3v) is 3.75. The van der Waals surface area contributed by atoms with Gasteiger partial charge in [-0.15, -0.1) is 0 Å². The molecule has 1 aliphatic heterocycles. The first kappa shape index (κ1) is 12.9. The number of benzene rings is 1. The standard InChI is InChI=1S/C16H17FN2O/c1-20-13-9-7-12(8-10-13)14-4-3-11-19(14)16-6-2-5-15(17)18-16/h2,5-10,14H,3-4,11H2,1H3/t14-/m0/s1. The van der Waals surface area contributed by atoms with Gasteiger partial charge in [0.2, 0.25) is 5.95 Å². The number of ether oxygens (including phenoxy) is 1. The molecule has 0 N–H and O–H groups in total. The fraction of sp³-hybridized carbons (Fsp3) is 0.312. The maximum Gasteiger partial charge on any atom is 0.214 e. The van der Waals surface area contributed by atoms with Gasteiger partial charge in [-0.25, -0.2) is 4.98 Å². The van der Waals surface area contributed by atoms with Crippen LogP contribution in [0.25, 0.3) is 0 Å². The quantitative estimate of drug-likeness (QED) is 0.799. The van der Waals surface area contributed by atoms with Gasteiger partial charge in [0.1, 0.15) is 11.6 Å². The Kier molecular flexibility index (Phi) is 3.54. The lowest BCUT2D eigenvalue weighted by molar-refractivity contribution is 0.414. The van der Waals surface area contributed by atoms with E-state index in [-0.39, 0.29) is 6.04 Å². The molecule has 3 rings (SSSR count). The molecule has 3 nitrogen and oxygen atoms in total. The molecule has 0 unspecified atom stereocenters. The van der Waals surface area contributed by atoms with Crippen molar-refractivity contribution >= 4 is 5.82 Å². The van der Waals surface area contributed by atoms with E-state index in [1.165, 1.54) is 11.6 Å².